The third-order valence-electron chi connectivity index (χ3n) is 3.87. The summed E-state index contributed by atoms with van der Waals surface area (Å²) in [6, 6.07) is 8.72. The molecule has 1 atom stereocenters. The summed E-state index contributed by atoms with van der Waals surface area (Å²) in [5.74, 6) is -0.200. The summed E-state index contributed by atoms with van der Waals surface area (Å²) in [5.41, 5.74) is 4.04. The zero-order valence-corrected chi connectivity index (χ0v) is 16.8. The van der Waals surface area contributed by atoms with E-state index in [1.165, 1.54) is 11.8 Å². The number of hydrogen-bond donors (Lipinski definition) is 0. The van der Waals surface area contributed by atoms with Gasteiger partial charge in [0.1, 0.15) is 11.8 Å². The molecule has 1 rings (SSSR count). The standard InChI is InChI=1S/C20H25N2O3P/c1-6-25-20(26-5)18(14(2)3)19(22(11-12-23)15(4)24)17-9-7-16(13-21)8-10-17/h7-10,12,19H,6,11H2,1-5H3. The van der Waals surface area contributed by atoms with Gasteiger partial charge < -0.3 is 14.4 Å². The SMILES string of the molecule is CCOC(=PC)C(=C(C)C)C(c1ccc(C#N)cc1)N(CC=O)C(C)=O. The highest BCUT2D eigenvalue weighted by Crippen LogP contribution is 2.33. The van der Waals surface area contributed by atoms with Crippen LogP contribution in [0.15, 0.2) is 35.4 Å². The number of nitriles is 1. The Labute approximate surface area is 157 Å². The maximum Gasteiger partial charge on any atom is 0.220 e. The predicted molar refractivity (Wildman–Crippen MR) is 105 cm³/mol. The summed E-state index contributed by atoms with van der Waals surface area (Å²) >= 11 is 0. The lowest BCUT2D eigenvalue weighted by molar-refractivity contribution is -0.132. The minimum absolute atomic E-state index is 0.0171. The smallest absolute Gasteiger partial charge is 0.220 e. The van der Waals surface area contributed by atoms with E-state index in [1.54, 1.807) is 12.1 Å². The highest BCUT2D eigenvalue weighted by molar-refractivity contribution is 7.39. The number of hydrogen-bond acceptors (Lipinski definition) is 4. The molecule has 1 aromatic carbocycles. The minimum Gasteiger partial charge on any atom is -0.342 e. The molecule has 0 aliphatic heterocycles. The lowest BCUT2D eigenvalue weighted by atomic mass is 9.93. The first-order valence-electron chi connectivity index (χ1n) is 8.39. The van der Waals surface area contributed by atoms with Crippen LogP contribution in [0.1, 0.15) is 44.9 Å². The van der Waals surface area contributed by atoms with E-state index in [-0.39, 0.29) is 12.5 Å². The van der Waals surface area contributed by atoms with Gasteiger partial charge >= 0.3 is 0 Å². The molecule has 0 saturated carbocycles. The molecular weight excluding hydrogens is 347 g/mol. The minimum atomic E-state index is -0.454. The number of rotatable bonds is 8. The zero-order valence-electron chi connectivity index (χ0n) is 15.9. The van der Waals surface area contributed by atoms with Crippen molar-refractivity contribution in [2.75, 3.05) is 19.8 Å². The van der Waals surface area contributed by atoms with E-state index >= 15 is 0 Å². The van der Waals surface area contributed by atoms with Crippen LogP contribution in [0.5, 0.6) is 0 Å². The summed E-state index contributed by atoms with van der Waals surface area (Å²) in [6.45, 7) is 9.77. The molecule has 1 aromatic rings. The van der Waals surface area contributed by atoms with E-state index in [0.29, 0.717) is 12.2 Å². The topological polar surface area (TPSA) is 70.4 Å². The van der Waals surface area contributed by atoms with Crippen molar-refractivity contribution in [3.05, 3.63) is 46.5 Å². The molecule has 26 heavy (non-hydrogen) atoms. The molecule has 1 amide bonds. The quantitative estimate of drug-likeness (QED) is 0.515. The maximum absolute atomic E-state index is 12.3. The Balaban J connectivity index is 3.65. The van der Waals surface area contributed by atoms with Gasteiger partial charge in [-0.2, -0.15) is 5.26 Å². The molecule has 0 radical (unpaired) electrons. The Kier molecular flexibility index (Phi) is 8.92. The molecule has 0 aliphatic carbocycles. The van der Waals surface area contributed by atoms with Crippen LogP contribution in [0.25, 0.3) is 0 Å². The van der Waals surface area contributed by atoms with Crippen LogP contribution < -0.4 is 0 Å². The first-order valence-corrected chi connectivity index (χ1v) is 9.73. The van der Waals surface area contributed by atoms with Crippen molar-refractivity contribution >= 4 is 25.9 Å². The highest BCUT2D eigenvalue weighted by atomic mass is 31.1. The summed E-state index contributed by atoms with van der Waals surface area (Å²) in [4.78, 5) is 25.1. The van der Waals surface area contributed by atoms with Crippen molar-refractivity contribution in [3.63, 3.8) is 0 Å². The molecular formula is C20H25N2O3P. The Bertz CT molecular complexity index is 741. The third kappa shape index (κ3) is 5.36. The van der Waals surface area contributed by atoms with Gasteiger partial charge in [0.15, 0.2) is 0 Å². The van der Waals surface area contributed by atoms with Crippen molar-refractivity contribution in [3.8, 4) is 6.07 Å². The van der Waals surface area contributed by atoms with Crippen molar-refractivity contribution < 1.29 is 14.3 Å². The fraction of sp³-hybridized carbons (Fsp3) is 0.400. The third-order valence-corrected chi connectivity index (χ3v) is 4.65. The van der Waals surface area contributed by atoms with Gasteiger partial charge in [-0.3, -0.25) is 4.79 Å². The Morgan fingerprint density at radius 2 is 1.92 bits per heavy atom. The van der Waals surface area contributed by atoms with Crippen molar-refractivity contribution in [2.24, 2.45) is 0 Å². The van der Waals surface area contributed by atoms with E-state index < -0.39 is 6.04 Å². The fourth-order valence-electron chi connectivity index (χ4n) is 2.74. The van der Waals surface area contributed by atoms with E-state index in [2.05, 4.69) is 6.07 Å². The molecule has 0 heterocycles. The van der Waals surface area contributed by atoms with Gasteiger partial charge in [-0.1, -0.05) is 25.9 Å². The number of benzene rings is 1. The van der Waals surface area contributed by atoms with Gasteiger partial charge in [0.05, 0.1) is 30.8 Å². The number of aldehydes is 1. The van der Waals surface area contributed by atoms with Gasteiger partial charge in [-0.15, -0.1) is 0 Å². The number of allylic oxidation sites excluding steroid dienone is 1. The molecule has 0 fully saturated rings. The van der Waals surface area contributed by atoms with Gasteiger partial charge in [-0.05, 0) is 45.1 Å². The zero-order chi connectivity index (χ0) is 19.7. The first-order chi connectivity index (χ1) is 12.4. The van der Waals surface area contributed by atoms with Crippen LogP contribution in [0, 0.1) is 11.3 Å². The lowest BCUT2D eigenvalue weighted by Crippen LogP contribution is -2.37. The van der Waals surface area contributed by atoms with Crippen LogP contribution in [-0.2, 0) is 14.3 Å². The number of carbonyl (C=O) groups excluding carboxylic acids is 2. The molecule has 0 bridgehead atoms. The normalized spacial score (nSPS) is 12.1. The Hall–Kier alpha value is -2.28. The average molecular weight is 372 g/mol. The van der Waals surface area contributed by atoms with Crippen LogP contribution in [0.2, 0.25) is 0 Å². The Morgan fingerprint density at radius 3 is 2.31 bits per heavy atom. The highest BCUT2D eigenvalue weighted by Gasteiger charge is 2.29. The fourth-order valence-corrected chi connectivity index (χ4v) is 3.59. The molecule has 0 aliphatic rings. The molecule has 0 aromatic heterocycles. The molecule has 6 heteroatoms. The maximum atomic E-state index is 12.3. The number of amides is 1. The molecule has 0 saturated heterocycles. The van der Waals surface area contributed by atoms with Crippen LogP contribution in [0.3, 0.4) is 0 Å². The number of carbonyl (C=O) groups is 2. The van der Waals surface area contributed by atoms with Gasteiger partial charge in [0.2, 0.25) is 5.91 Å². The van der Waals surface area contributed by atoms with Crippen LogP contribution >= 0.6 is 8.20 Å². The lowest BCUT2D eigenvalue weighted by Gasteiger charge is -2.33. The summed E-state index contributed by atoms with van der Waals surface area (Å²) in [7, 11) is 0.939. The average Bonchev–Trinajstić information content (AvgIpc) is 2.63. The van der Waals surface area contributed by atoms with Gasteiger partial charge in [-0.25, -0.2) is 0 Å². The molecule has 0 spiro atoms. The number of ether oxygens (including phenoxy) is 1. The second-order valence-electron chi connectivity index (χ2n) is 5.85. The molecule has 0 N–H and O–H groups in total. The van der Waals surface area contributed by atoms with E-state index in [0.717, 1.165) is 36.7 Å². The largest absolute Gasteiger partial charge is 0.342 e. The molecule has 5 nitrogen and oxygen atoms in total. The van der Waals surface area contributed by atoms with Gasteiger partial charge in [0.25, 0.3) is 0 Å². The first kappa shape index (κ1) is 21.8. The van der Waals surface area contributed by atoms with Crippen molar-refractivity contribution in [1.82, 2.24) is 4.90 Å². The molecule has 1 unspecified atom stereocenters. The summed E-state index contributed by atoms with van der Waals surface area (Å²) in [5, 5.41) is 9.05. The second kappa shape index (κ2) is 10.7. The van der Waals surface area contributed by atoms with E-state index in [4.69, 9.17) is 10.00 Å². The van der Waals surface area contributed by atoms with E-state index in [9.17, 15) is 9.59 Å². The molecule has 138 valence electrons. The predicted octanol–water partition coefficient (Wildman–Crippen LogP) is 3.73. The van der Waals surface area contributed by atoms with Crippen molar-refractivity contribution in [1.29, 1.82) is 5.26 Å². The number of nitrogens with zero attached hydrogens (tertiary/aromatic N) is 2. The second-order valence-corrected chi connectivity index (χ2v) is 6.70. The Morgan fingerprint density at radius 1 is 1.31 bits per heavy atom. The van der Waals surface area contributed by atoms with Gasteiger partial charge in [0, 0.05) is 12.5 Å². The van der Waals surface area contributed by atoms with Crippen molar-refractivity contribution in [2.45, 2.75) is 33.7 Å². The van der Waals surface area contributed by atoms with Crippen LogP contribution in [-0.4, -0.2) is 42.4 Å². The summed E-state index contributed by atoms with van der Waals surface area (Å²) in [6.07, 6.45) is 0.727. The monoisotopic (exact) mass is 372 g/mol. The van der Waals surface area contributed by atoms with Crippen LogP contribution in [0.4, 0.5) is 0 Å². The van der Waals surface area contributed by atoms with E-state index in [1.807, 2.05) is 39.6 Å². The summed E-state index contributed by atoms with van der Waals surface area (Å²) < 4.78 is 5.84.